The minimum Gasteiger partial charge on any atom is -0.361 e. The lowest BCUT2D eigenvalue weighted by atomic mass is 9.75. The first kappa shape index (κ1) is 14.5. The van der Waals surface area contributed by atoms with E-state index in [-0.39, 0.29) is 0 Å². The molecule has 3 rings (SSSR count). The van der Waals surface area contributed by atoms with E-state index in [1.165, 1.54) is 43.4 Å². The maximum absolute atomic E-state index is 4.80. The Morgan fingerprint density at radius 1 is 1.15 bits per heavy atom. The molecule has 108 valence electrons. The van der Waals surface area contributed by atoms with E-state index in [9.17, 15) is 0 Å². The van der Waals surface area contributed by atoms with Crippen molar-refractivity contribution in [2.75, 3.05) is 12.3 Å². The lowest BCUT2D eigenvalue weighted by molar-refractivity contribution is 0.232. The van der Waals surface area contributed by atoms with Gasteiger partial charge in [-0.3, -0.25) is 4.99 Å². The highest BCUT2D eigenvalue weighted by Crippen LogP contribution is 2.41. The van der Waals surface area contributed by atoms with E-state index in [0.717, 1.165) is 22.7 Å². The Kier molecular flexibility index (Phi) is 4.72. The molecule has 1 aliphatic carbocycles. The summed E-state index contributed by atoms with van der Waals surface area (Å²) < 4.78 is 1.13. The maximum Gasteiger partial charge on any atom is 0.156 e. The Labute approximate surface area is 134 Å². The molecule has 2 nitrogen and oxygen atoms in total. The number of hydrogen-bond acceptors (Lipinski definition) is 3. The number of aliphatic imine (C=N–C) groups is 1. The minimum atomic E-state index is 0.520. The molecule has 0 amide bonds. The van der Waals surface area contributed by atoms with E-state index < -0.39 is 0 Å². The summed E-state index contributed by atoms with van der Waals surface area (Å²) in [5, 5.41) is 4.61. The summed E-state index contributed by atoms with van der Waals surface area (Å²) in [6, 6.07) is 8.47. The van der Waals surface area contributed by atoms with Crippen molar-refractivity contribution in [2.24, 2.45) is 10.4 Å². The Bertz CT molecular complexity index is 478. The zero-order valence-electron chi connectivity index (χ0n) is 11.7. The van der Waals surface area contributed by atoms with Crippen LogP contribution in [-0.2, 0) is 6.54 Å². The van der Waals surface area contributed by atoms with Crippen molar-refractivity contribution in [3.05, 3.63) is 34.3 Å². The molecule has 0 atom stereocenters. The fraction of sp³-hybridized carbons (Fsp3) is 0.562. The van der Waals surface area contributed by atoms with Crippen molar-refractivity contribution >= 4 is 32.9 Å². The number of benzene rings is 1. The van der Waals surface area contributed by atoms with Gasteiger partial charge in [0.05, 0.1) is 0 Å². The molecule has 1 spiro atoms. The van der Waals surface area contributed by atoms with Crippen LogP contribution in [0.4, 0.5) is 0 Å². The van der Waals surface area contributed by atoms with Crippen LogP contribution < -0.4 is 5.32 Å². The van der Waals surface area contributed by atoms with Crippen molar-refractivity contribution in [3.8, 4) is 0 Å². The van der Waals surface area contributed by atoms with Crippen molar-refractivity contribution in [2.45, 2.75) is 38.6 Å². The monoisotopic (exact) mass is 352 g/mol. The summed E-state index contributed by atoms with van der Waals surface area (Å²) in [7, 11) is 0. The molecular weight excluding hydrogens is 332 g/mol. The van der Waals surface area contributed by atoms with Crippen molar-refractivity contribution in [1.82, 2.24) is 5.32 Å². The molecule has 20 heavy (non-hydrogen) atoms. The van der Waals surface area contributed by atoms with Gasteiger partial charge in [-0.2, -0.15) is 0 Å². The van der Waals surface area contributed by atoms with Gasteiger partial charge in [0.1, 0.15) is 0 Å². The SMILES string of the molecule is Brc1ccc(CNC2=NCC3(CCCCC3)CS2)cc1. The fourth-order valence-electron chi connectivity index (χ4n) is 3.04. The average Bonchev–Trinajstić information content (AvgIpc) is 2.49. The molecule has 4 heteroatoms. The molecule has 1 N–H and O–H groups in total. The largest absolute Gasteiger partial charge is 0.361 e. The normalized spacial score (nSPS) is 21.6. The van der Waals surface area contributed by atoms with Crippen molar-refractivity contribution in [3.63, 3.8) is 0 Å². The number of nitrogens with one attached hydrogen (secondary N) is 1. The van der Waals surface area contributed by atoms with Gasteiger partial charge in [-0.1, -0.05) is 59.1 Å². The summed E-state index contributed by atoms with van der Waals surface area (Å²) in [6.07, 6.45) is 6.98. The molecule has 0 saturated heterocycles. The van der Waals surface area contributed by atoms with Gasteiger partial charge in [0.15, 0.2) is 5.17 Å². The molecule has 0 radical (unpaired) electrons. The average molecular weight is 353 g/mol. The van der Waals surface area contributed by atoms with Crippen LogP contribution in [0.3, 0.4) is 0 Å². The van der Waals surface area contributed by atoms with Gasteiger partial charge in [-0.15, -0.1) is 0 Å². The molecule has 1 aromatic carbocycles. The van der Waals surface area contributed by atoms with Crippen LogP contribution in [0.2, 0.25) is 0 Å². The van der Waals surface area contributed by atoms with Crippen LogP contribution in [-0.4, -0.2) is 17.5 Å². The Morgan fingerprint density at radius 2 is 1.90 bits per heavy atom. The molecular formula is C16H21BrN2S. The van der Waals surface area contributed by atoms with Crippen molar-refractivity contribution < 1.29 is 0 Å². The molecule has 2 aliphatic rings. The van der Waals surface area contributed by atoms with E-state index in [0.29, 0.717) is 5.41 Å². The van der Waals surface area contributed by atoms with E-state index in [1.807, 2.05) is 11.8 Å². The molecule has 0 aromatic heterocycles. The summed E-state index contributed by atoms with van der Waals surface area (Å²) in [5.41, 5.74) is 1.82. The van der Waals surface area contributed by atoms with Gasteiger partial charge in [-0.25, -0.2) is 0 Å². The number of thioether (sulfide) groups is 1. The Hall–Kier alpha value is -0.480. The highest BCUT2D eigenvalue weighted by atomic mass is 79.9. The zero-order valence-corrected chi connectivity index (χ0v) is 14.1. The lowest BCUT2D eigenvalue weighted by Crippen LogP contribution is -2.36. The van der Waals surface area contributed by atoms with Gasteiger partial charge in [0.2, 0.25) is 0 Å². The third kappa shape index (κ3) is 3.59. The predicted octanol–water partition coefficient (Wildman–Crippen LogP) is 4.59. The standard InChI is InChI=1S/C16H21BrN2S/c17-14-6-4-13(5-7-14)10-18-15-19-11-16(12-20-15)8-2-1-3-9-16/h4-7H,1-3,8-12H2,(H,18,19). The molecule has 1 aromatic rings. The van der Waals surface area contributed by atoms with E-state index in [4.69, 9.17) is 4.99 Å². The van der Waals surface area contributed by atoms with Crippen LogP contribution in [0.1, 0.15) is 37.7 Å². The van der Waals surface area contributed by atoms with Gasteiger partial charge in [0.25, 0.3) is 0 Å². The topological polar surface area (TPSA) is 24.4 Å². The highest BCUT2D eigenvalue weighted by Gasteiger charge is 2.34. The number of rotatable bonds is 2. The molecule has 1 heterocycles. The number of nitrogens with zero attached hydrogens (tertiary/aromatic N) is 1. The van der Waals surface area contributed by atoms with Gasteiger partial charge in [-0.05, 0) is 36.0 Å². The second kappa shape index (κ2) is 6.52. The van der Waals surface area contributed by atoms with Crippen LogP contribution in [0, 0.1) is 5.41 Å². The second-order valence-electron chi connectivity index (χ2n) is 5.95. The third-order valence-electron chi connectivity index (χ3n) is 4.34. The van der Waals surface area contributed by atoms with Crippen LogP contribution in [0.5, 0.6) is 0 Å². The van der Waals surface area contributed by atoms with Crippen LogP contribution >= 0.6 is 27.7 Å². The first-order valence-corrected chi connectivity index (χ1v) is 9.19. The number of hydrogen-bond donors (Lipinski definition) is 1. The summed E-state index contributed by atoms with van der Waals surface area (Å²) in [5.74, 6) is 1.25. The van der Waals surface area contributed by atoms with E-state index >= 15 is 0 Å². The second-order valence-corrected chi connectivity index (χ2v) is 7.83. The van der Waals surface area contributed by atoms with Crippen molar-refractivity contribution in [1.29, 1.82) is 0 Å². The van der Waals surface area contributed by atoms with Gasteiger partial charge in [0, 0.05) is 23.3 Å². The first-order valence-electron chi connectivity index (χ1n) is 7.41. The van der Waals surface area contributed by atoms with E-state index in [2.05, 4.69) is 45.5 Å². The summed E-state index contributed by atoms with van der Waals surface area (Å²) in [4.78, 5) is 4.80. The maximum atomic E-state index is 4.80. The van der Waals surface area contributed by atoms with Gasteiger partial charge < -0.3 is 5.32 Å². The molecule has 0 unspecified atom stereocenters. The highest BCUT2D eigenvalue weighted by molar-refractivity contribution is 9.10. The molecule has 1 saturated carbocycles. The zero-order chi connectivity index (χ0) is 13.8. The predicted molar refractivity (Wildman–Crippen MR) is 91.3 cm³/mol. The fourth-order valence-corrected chi connectivity index (χ4v) is 4.46. The summed E-state index contributed by atoms with van der Waals surface area (Å²) in [6.45, 7) is 1.90. The van der Waals surface area contributed by atoms with Crippen LogP contribution in [0.25, 0.3) is 0 Å². The summed E-state index contributed by atoms with van der Waals surface area (Å²) >= 11 is 5.39. The third-order valence-corrected chi connectivity index (χ3v) is 6.18. The quantitative estimate of drug-likeness (QED) is 0.841. The number of amidine groups is 1. The molecule has 1 fully saturated rings. The Balaban J connectivity index is 1.53. The van der Waals surface area contributed by atoms with Gasteiger partial charge >= 0.3 is 0 Å². The Morgan fingerprint density at radius 3 is 2.55 bits per heavy atom. The smallest absolute Gasteiger partial charge is 0.156 e. The molecule has 1 aliphatic heterocycles. The minimum absolute atomic E-state index is 0.520. The lowest BCUT2D eigenvalue weighted by Gasteiger charge is -2.38. The van der Waals surface area contributed by atoms with E-state index in [1.54, 1.807) is 0 Å². The number of halogens is 1. The van der Waals surface area contributed by atoms with Crippen LogP contribution in [0.15, 0.2) is 33.7 Å². The molecule has 0 bridgehead atoms. The first-order chi connectivity index (χ1) is 9.76.